The van der Waals surface area contributed by atoms with Crippen molar-refractivity contribution >= 4 is 0 Å². The minimum absolute atomic E-state index is 0.362. The lowest BCUT2D eigenvalue weighted by Gasteiger charge is -2.27. The molecule has 2 atom stereocenters. The summed E-state index contributed by atoms with van der Waals surface area (Å²) >= 11 is 0. The highest BCUT2D eigenvalue weighted by Crippen LogP contribution is 2.34. The van der Waals surface area contributed by atoms with Gasteiger partial charge in [-0.05, 0) is 36.8 Å². The van der Waals surface area contributed by atoms with Crippen LogP contribution in [0, 0.1) is 18.3 Å². The molecule has 1 heterocycles. The van der Waals surface area contributed by atoms with Crippen LogP contribution < -0.4 is 0 Å². The SMILES string of the molecule is Cc1cccc(C(O)CN2CCC(C(C)(C)C)C2)c1. The number of aliphatic hydroxyl groups excluding tert-OH is 1. The van der Waals surface area contributed by atoms with Gasteiger partial charge in [-0.3, -0.25) is 0 Å². The van der Waals surface area contributed by atoms with E-state index in [9.17, 15) is 5.11 Å². The fourth-order valence-corrected chi connectivity index (χ4v) is 2.93. The van der Waals surface area contributed by atoms with Crippen LogP contribution in [0.4, 0.5) is 0 Å². The van der Waals surface area contributed by atoms with Gasteiger partial charge in [0.2, 0.25) is 0 Å². The van der Waals surface area contributed by atoms with Crippen LogP contribution >= 0.6 is 0 Å². The van der Waals surface area contributed by atoms with Crippen LogP contribution in [-0.2, 0) is 0 Å². The second-order valence-corrected chi connectivity index (χ2v) is 7.04. The van der Waals surface area contributed by atoms with E-state index < -0.39 is 0 Å². The molecular formula is C17H27NO. The molecule has 2 unspecified atom stereocenters. The monoisotopic (exact) mass is 261 g/mol. The first-order chi connectivity index (χ1) is 8.86. The quantitative estimate of drug-likeness (QED) is 0.901. The van der Waals surface area contributed by atoms with E-state index in [4.69, 9.17) is 0 Å². The van der Waals surface area contributed by atoms with E-state index in [1.807, 2.05) is 12.1 Å². The molecule has 1 aliphatic heterocycles. The summed E-state index contributed by atoms with van der Waals surface area (Å²) in [7, 11) is 0. The number of nitrogens with zero attached hydrogens (tertiary/aromatic N) is 1. The third-order valence-electron chi connectivity index (χ3n) is 4.36. The molecule has 0 bridgehead atoms. The highest BCUT2D eigenvalue weighted by Gasteiger charge is 2.32. The molecule has 19 heavy (non-hydrogen) atoms. The van der Waals surface area contributed by atoms with Crippen molar-refractivity contribution in [3.63, 3.8) is 0 Å². The van der Waals surface area contributed by atoms with Gasteiger partial charge in [-0.15, -0.1) is 0 Å². The number of rotatable bonds is 3. The third-order valence-corrected chi connectivity index (χ3v) is 4.36. The normalized spacial score (nSPS) is 22.7. The van der Waals surface area contributed by atoms with Crippen LogP contribution in [0.5, 0.6) is 0 Å². The van der Waals surface area contributed by atoms with Gasteiger partial charge in [0.05, 0.1) is 6.10 Å². The second kappa shape index (κ2) is 5.64. The summed E-state index contributed by atoms with van der Waals surface area (Å²) in [5.41, 5.74) is 2.63. The summed E-state index contributed by atoms with van der Waals surface area (Å²) < 4.78 is 0. The van der Waals surface area contributed by atoms with Crippen molar-refractivity contribution in [2.75, 3.05) is 19.6 Å². The summed E-state index contributed by atoms with van der Waals surface area (Å²) in [6.45, 7) is 12.0. The molecule has 0 aliphatic carbocycles. The highest BCUT2D eigenvalue weighted by atomic mass is 16.3. The Kier molecular flexibility index (Phi) is 4.32. The lowest BCUT2D eigenvalue weighted by atomic mass is 9.80. The fourth-order valence-electron chi connectivity index (χ4n) is 2.93. The van der Waals surface area contributed by atoms with E-state index >= 15 is 0 Å². The molecule has 1 aromatic carbocycles. The molecule has 0 saturated carbocycles. The smallest absolute Gasteiger partial charge is 0.0917 e. The number of likely N-dealkylation sites (tertiary alicyclic amines) is 1. The van der Waals surface area contributed by atoms with Crippen molar-refractivity contribution in [2.24, 2.45) is 11.3 Å². The molecule has 0 radical (unpaired) electrons. The predicted octanol–water partition coefficient (Wildman–Crippen LogP) is 3.40. The van der Waals surface area contributed by atoms with Crippen molar-refractivity contribution < 1.29 is 5.11 Å². The van der Waals surface area contributed by atoms with Crippen LogP contribution in [0.2, 0.25) is 0 Å². The number of hydrogen-bond acceptors (Lipinski definition) is 2. The molecule has 1 N–H and O–H groups in total. The number of β-amino-alcohol motifs (C(OH)–C–C–N with tert-alkyl or cyclic N) is 1. The van der Waals surface area contributed by atoms with Crippen molar-refractivity contribution in [1.29, 1.82) is 0 Å². The molecule has 2 rings (SSSR count). The van der Waals surface area contributed by atoms with E-state index in [0.717, 1.165) is 31.1 Å². The van der Waals surface area contributed by atoms with Crippen LogP contribution in [0.3, 0.4) is 0 Å². The molecular weight excluding hydrogens is 234 g/mol. The minimum atomic E-state index is -0.362. The largest absolute Gasteiger partial charge is 0.387 e. The van der Waals surface area contributed by atoms with Gasteiger partial charge in [0.15, 0.2) is 0 Å². The Morgan fingerprint density at radius 2 is 2.11 bits per heavy atom. The van der Waals surface area contributed by atoms with Crippen LogP contribution in [0.15, 0.2) is 24.3 Å². The molecule has 1 saturated heterocycles. The van der Waals surface area contributed by atoms with Crippen molar-refractivity contribution in [2.45, 2.75) is 40.2 Å². The first-order valence-corrected chi connectivity index (χ1v) is 7.33. The number of benzene rings is 1. The summed E-state index contributed by atoms with van der Waals surface area (Å²) in [5, 5.41) is 10.4. The molecule has 0 amide bonds. The maximum atomic E-state index is 10.4. The van der Waals surface area contributed by atoms with E-state index in [2.05, 4.69) is 44.7 Å². The Balaban J connectivity index is 1.92. The van der Waals surface area contributed by atoms with E-state index in [0.29, 0.717) is 5.41 Å². The summed E-state index contributed by atoms with van der Waals surface area (Å²) in [6.07, 6.45) is 0.892. The van der Waals surface area contributed by atoms with Crippen molar-refractivity contribution in [3.05, 3.63) is 35.4 Å². The zero-order valence-corrected chi connectivity index (χ0v) is 12.7. The van der Waals surface area contributed by atoms with Gasteiger partial charge in [0, 0.05) is 13.1 Å². The molecule has 106 valence electrons. The average Bonchev–Trinajstić information content (AvgIpc) is 2.77. The molecule has 0 spiro atoms. The average molecular weight is 261 g/mol. The Bertz CT molecular complexity index is 422. The lowest BCUT2D eigenvalue weighted by Crippen LogP contribution is -2.29. The fraction of sp³-hybridized carbons (Fsp3) is 0.647. The van der Waals surface area contributed by atoms with Gasteiger partial charge >= 0.3 is 0 Å². The maximum absolute atomic E-state index is 10.4. The topological polar surface area (TPSA) is 23.5 Å². The Hall–Kier alpha value is -0.860. The standard InChI is InChI=1S/C17H27NO/c1-13-6-5-7-14(10-13)16(19)12-18-9-8-15(11-18)17(2,3)4/h5-7,10,15-16,19H,8-9,11-12H2,1-4H3. The molecule has 1 aliphatic rings. The van der Waals surface area contributed by atoms with Gasteiger partial charge in [-0.25, -0.2) is 0 Å². The number of aliphatic hydroxyl groups is 1. The van der Waals surface area contributed by atoms with E-state index in [1.165, 1.54) is 12.0 Å². The van der Waals surface area contributed by atoms with E-state index in [-0.39, 0.29) is 6.10 Å². The number of aryl methyl sites for hydroxylation is 1. The third kappa shape index (κ3) is 3.80. The van der Waals surface area contributed by atoms with E-state index in [1.54, 1.807) is 0 Å². The predicted molar refractivity (Wildman–Crippen MR) is 80.1 cm³/mol. The summed E-state index contributed by atoms with van der Waals surface area (Å²) in [5.74, 6) is 0.747. The van der Waals surface area contributed by atoms with Gasteiger partial charge in [-0.1, -0.05) is 50.6 Å². The van der Waals surface area contributed by atoms with Gasteiger partial charge in [0.25, 0.3) is 0 Å². The summed E-state index contributed by atoms with van der Waals surface area (Å²) in [4.78, 5) is 2.41. The first kappa shape index (κ1) is 14.5. The molecule has 2 heteroatoms. The zero-order valence-electron chi connectivity index (χ0n) is 12.7. The van der Waals surface area contributed by atoms with Gasteiger partial charge in [0.1, 0.15) is 0 Å². The molecule has 0 aromatic heterocycles. The Morgan fingerprint density at radius 3 is 2.68 bits per heavy atom. The zero-order chi connectivity index (χ0) is 14.0. The maximum Gasteiger partial charge on any atom is 0.0917 e. The summed E-state index contributed by atoms with van der Waals surface area (Å²) in [6, 6.07) is 8.20. The van der Waals surface area contributed by atoms with Crippen LogP contribution in [0.25, 0.3) is 0 Å². The van der Waals surface area contributed by atoms with Crippen molar-refractivity contribution in [1.82, 2.24) is 4.90 Å². The molecule has 1 fully saturated rings. The first-order valence-electron chi connectivity index (χ1n) is 7.33. The Labute approximate surface area is 117 Å². The minimum Gasteiger partial charge on any atom is -0.387 e. The van der Waals surface area contributed by atoms with Crippen LogP contribution in [-0.4, -0.2) is 29.6 Å². The molecule has 1 aromatic rings. The highest BCUT2D eigenvalue weighted by molar-refractivity contribution is 5.24. The Morgan fingerprint density at radius 1 is 1.37 bits per heavy atom. The lowest BCUT2D eigenvalue weighted by molar-refractivity contribution is 0.118. The molecule has 2 nitrogen and oxygen atoms in total. The van der Waals surface area contributed by atoms with Gasteiger partial charge < -0.3 is 10.0 Å². The van der Waals surface area contributed by atoms with Crippen LogP contribution in [0.1, 0.15) is 44.4 Å². The van der Waals surface area contributed by atoms with Gasteiger partial charge in [-0.2, -0.15) is 0 Å². The number of hydrogen-bond donors (Lipinski definition) is 1. The van der Waals surface area contributed by atoms with Crippen molar-refractivity contribution in [3.8, 4) is 0 Å². The second-order valence-electron chi connectivity index (χ2n) is 7.04.